The Kier molecular flexibility index (Phi) is 14.1. The maximum atomic E-state index is 13.6. The minimum absolute atomic E-state index is 0.0939. The molecular formula is C37H60FN3O8. The molecule has 4 unspecified atom stereocenters. The first-order chi connectivity index (χ1) is 22.7. The van der Waals surface area contributed by atoms with E-state index in [9.17, 15) is 29.6 Å². The number of likely N-dealkylation sites (N-methyl/N-ethyl adjacent to an activating group) is 1. The second-order valence-corrected chi connectivity index (χ2v) is 15.2. The molecule has 1 aromatic carbocycles. The third-order valence-corrected chi connectivity index (χ3v) is 10.4. The quantitative estimate of drug-likeness (QED) is 0.194. The van der Waals surface area contributed by atoms with Gasteiger partial charge in [-0.2, -0.15) is 10.2 Å². The summed E-state index contributed by atoms with van der Waals surface area (Å²) in [4.78, 5) is 15.4. The van der Waals surface area contributed by atoms with Crippen LogP contribution >= 0.6 is 0 Å². The van der Waals surface area contributed by atoms with Crippen LogP contribution in [0.2, 0.25) is 0 Å². The van der Waals surface area contributed by atoms with Crippen LogP contribution in [0, 0.1) is 29.5 Å². The molecule has 2 saturated heterocycles. The number of rotatable bonds is 6. The number of carbonyl (C=O) groups excluding carboxylic acids is 1. The second-order valence-electron chi connectivity index (χ2n) is 15.2. The molecule has 0 spiro atoms. The molecule has 0 bridgehead atoms. The number of ether oxygens (including phenoxy) is 3. The van der Waals surface area contributed by atoms with E-state index in [1.54, 1.807) is 46.8 Å². The average molecular weight is 694 g/mol. The van der Waals surface area contributed by atoms with E-state index >= 15 is 0 Å². The zero-order valence-electron chi connectivity index (χ0n) is 31.1. The molecule has 2 fully saturated rings. The maximum absolute atomic E-state index is 13.6. The number of esters is 1. The smallest absolute Gasteiger partial charge is 0.309 e. The minimum atomic E-state index is -1.85. The highest BCUT2D eigenvalue weighted by Crippen LogP contribution is 2.38. The summed E-state index contributed by atoms with van der Waals surface area (Å²) in [6.07, 6.45) is -4.40. The first-order valence-electron chi connectivity index (χ1n) is 17.6. The van der Waals surface area contributed by atoms with Crippen LogP contribution in [0.4, 0.5) is 4.39 Å². The van der Waals surface area contributed by atoms with Crippen molar-refractivity contribution >= 4 is 17.4 Å². The van der Waals surface area contributed by atoms with Crippen LogP contribution in [0.15, 0.2) is 34.5 Å². The van der Waals surface area contributed by atoms with Crippen molar-refractivity contribution in [2.24, 2.45) is 33.9 Å². The molecule has 1 aromatic rings. The number of aliphatic hydroxyl groups excluding tert-OH is 2. The Labute approximate surface area is 291 Å². The van der Waals surface area contributed by atoms with Gasteiger partial charge in [-0.25, -0.2) is 4.39 Å². The van der Waals surface area contributed by atoms with E-state index in [-0.39, 0.29) is 37.2 Å². The summed E-state index contributed by atoms with van der Waals surface area (Å²) < 4.78 is 32.1. The van der Waals surface area contributed by atoms with Gasteiger partial charge in [-0.15, -0.1) is 0 Å². The molecule has 49 heavy (non-hydrogen) atoms. The van der Waals surface area contributed by atoms with Crippen molar-refractivity contribution in [1.82, 2.24) is 4.90 Å². The summed E-state index contributed by atoms with van der Waals surface area (Å²) in [5.41, 5.74) is -1.87. The average Bonchev–Trinajstić information content (AvgIpc) is 3.02. The van der Waals surface area contributed by atoms with Crippen molar-refractivity contribution in [2.75, 3.05) is 14.1 Å². The summed E-state index contributed by atoms with van der Waals surface area (Å²) in [5.74, 6) is -3.29. The molecule has 13 atom stereocenters. The number of halogens is 1. The number of carbonyl (C=O) groups is 1. The standard InChI is InChI=1S/C37H60FN3O8/c1-12-29-37(9,46)32(43)24(6)30(40-39-25(7)26-13-15-27(38)16-14-26)22(4)19-36(8,45)33(20(2)17-21(3)34(44)48-29)49-35-31(42)28(41(10)11)18-23(5)47-35/h13-16,20-24,28-29,31-33,35,42-43,45-46H,12,17-19H2,1-11H3/b39-25+,40-30+/t20-,21+,22+,23?,24-,28?,29+,31?,32+,33+,35?,36+,37+/m0/s1. The van der Waals surface area contributed by atoms with E-state index in [1.807, 2.05) is 39.8 Å². The molecule has 0 aromatic heterocycles. The molecule has 0 saturated carbocycles. The zero-order valence-corrected chi connectivity index (χ0v) is 31.1. The highest BCUT2D eigenvalue weighted by atomic mass is 19.1. The Bertz CT molecular complexity index is 1300. The fourth-order valence-corrected chi connectivity index (χ4v) is 7.56. The summed E-state index contributed by atoms with van der Waals surface area (Å²) in [7, 11) is 3.77. The molecule has 4 N–H and O–H groups in total. The molecule has 2 heterocycles. The van der Waals surface area contributed by atoms with E-state index in [2.05, 4.69) is 10.2 Å². The maximum Gasteiger partial charge on any atom is 0.309 e. The fourth-order valence-electron chi connectivity index (χ4n) is 7.56. The number of benzene rings is 1. The molecular weight excluding hydrogens is 633 g/mol. The van der Waals surface area contributed by atoms with E-state index in [4.69, 9.17) is 14.2 Å². The Morgan fingerprint density at radius 3 is 2.22 bits per heavy atom. The molecule has 0 radical (unpaired) electrons. The zero-order chi connectivity index (χ0) is 37.0. The third-order valence-electron chi connectivity index (χ3n) is 10.4. The van der Waals surface area contributed by atoms with Gasteiger partial charge in [0.1, 0.15) is 23.6 Å². The lowest BCUT2D eigenvalue weighted by molar-refractivity contribution is -0.295. The van der Waals surface area contributed by atoms with Crippen molar-refractivity contribution in [2.45, 2.75) is 142 Å². The number of nitrogens with zero attached hydrogens (tertiary/aromatic N) is 3. The van der Waals surface area contributed by atoms with Crippen molar-refractivity contribution in [3.05, 3.63) is 35.6 Å². The van der Waals surface area contributed by atoms with Gasteiger partial charge in [-0.3, -0.25) is 4.79 Å². The Hall–Kier alpha value is -2.32. The van der Waals surface area contributed by atoms with Gasteiger partial charge in [-0.1, -0.05) is 46.8 Å². The Morgan fingerprint density at radius 2 is 1.65 bits per heavy atom. The molecule has 2 aliphatic rings. The second kappa shape index (κ2) is 16.8. The summed E-state index contributed by atoms with van der Waals surface area (Å²) in [5, 5.41) is 56.0. The van der Waals surface area contributed by atoms with E-state index in [0.29, 0.717) is 23.4 Å². The van der Waals surface area contributed by atoms with Gasteiger partial charge < -0.3 is 39.5 Å². The van der Waals surface area contributed by atoms with E-state index < -0.39 is 71.5 Å². The number of hydrogen-bond acceptors (Lipinski definition) is 11. The van der Waals surface area contributed by atoms with Crippen LogP contribution < -0.4 is 0 Å². The lowest BCUT2D eigenvalue weighted by Crippen LogP contribution is -2.58. The largest absolute Gasteiger partial charge is 0.459 e. The molecule has 0 aliphatic carbocycles. The third kappa shape index (κ3) is 9.93. The lowest BCUT2D eigenvalue weighted by Gasteiger charge is -2.46. The molecule has 12 heteroatoms. The molecule has 2 aliphatic heterocycles. The molecule has 0 amide bonds. The van der Waals surface area contributed by atoms with Gasteiger partial charge >= 0.3 is 5.97 Å². The van der Waals surface area contributed by atoms with E-state index in [1.165, 1.54) is 19.1 Å². The number of hydrogen-bond donors (Lipinski definition) is 4. The topological polar surface area (TPSA) is 154 Å². The van der Waals surface area contributed by atoms with Crippen molar-refractivity contribution in [3.63, 3.8) is 0 Å². The predicted molar refractivity (Wildman–Crippen MR) is 187 cm³/mol. The SMILES string of the molecule is CC[C@H]1OC(=O)[C@H](C)C[C@H](C)[C@@H](OC2OC(C)CC(N(C)C)C2O)[C@](C)(O)C[C@@H](C)/C(=N\N=C(/C)c2ccc(F)cc2)[C@H](C)[C@@H](O)[C@]1(C)O. The fraction of sp³-hybridized carbons (Fsp3) is 0.757. The summed E-state index contributed by atoms with van der Waals surface area (Å²) in [6.45, 7) is 15.7. The number of aliphatic hydroxyl groups is 4. The van der Waals surface area contributed by atoms with Crippen LogP contribution in [0.3, 0.4) is 0 Å². The highest BCUT2D eigenvalue weighted by Gasteiger charge is 2.49. The summed E-state index contributed by atoms with van der Waals surface area (Å²) in [6, 6.07) is 5.60. The van der Waals surface area contributed by atoms with Gasteiger partial charge in [0.05, 0.1) is 35.5 Å². The van der Waals surface area contributed by atoms with Gasteiger partial charge in [0.15, 0.2) is 6.29 Å². The normalized spacial score (nSPS) is 41.4. The van der Waals surface area contributed by atoms with Crippen LogP contribution in [-0.2, 0) is 19.0 Å². The number of cyclic esters (lactones) is 1. The lowest BCUT2D eigenvalue weighted by atomic mass is 9.74. The molecule has 11 nitrogen and oxygen atoms in total. The Balaban J connectivity index is 2.13. The van der Waals surface area contributed by atoms with Crippen LogP contribution in [0.1, 0.15) is 93.6 Å². The predicted octanol–water partition coefficient (Wildman–Crippen LogP) is 4.32. The molecule has 3 rings (SSSR count). The highest BCUT2D eigenvalue weighted by molar-refractivity contribution is 5.99. The van der Waals surface area contributed by atoms with Crippen LogP contribution in [0.5, 0.6) is 0 Å². The van der Waals surface area contributed by atoms with E-state index in [0.717, 1.165) is 0 Å². The van der Waals surface area contributed by atoms with Gasteiger partial charge in [-0.05, 0) is 97.0 Å². The minimum Gasteiger partial charge on any atom is -0.459 e. The van der Waals surface area contributed by atoms with Gasteiger partial charge in [0, 0.05) is 17.7 Å². The van der Waals surface area contributed by atoms with Crippen molar-refractivity contribution < 1.29 is 43.8 Å². The van der Waals surface area contributed by atoms with Crippen LogP contribution in [0.25, 0.3) is 0 Å². The first-order valence-corrected chi connectivity index (χ1v) is 17.6. The monoisotopic (exact) mass is 693 g/mol. The van der Waals surface area contributed by atoms with Gasteiger partial charge in [0.2, 0.25) is 0 Å². The van der Waals surface area contributed by atoms with Crippen LogP contribution in [-0.4, -0.2) is 111 Å². The van der Waals surface area contributed by atoms with Crippen molar-refractivity contribution in [3.8, 4) is 0 Å². The van der Waals surface area contributed by atoms with Gasteiger partial charge in [0.25, 0.3) is 0 Å². The van der Waals surface area contributed by atoms with Crippen molar-refractivity contribution in [1.29, 1.82) is 0 Å². The first kappa shape index (κ1) is 41.1. The molecule has 278 valence electrons. The Morgan fingerprint density at radius 1 is 1.04 bits per heavy atom. The summed E-state index contributed by atoms with van der Waals surface area (Å²) >= 11 is 0.